The number of aromatic nitrogens is 2. The van der Waals surface area contributed by atoms with Gasteiger partial charge in [0.25, 0.3) is 0 Å². The van der Waals surface area contributed by atoms with Gasteiger partial charge in [0.2, 0.25) is 5.82 Å². The molecule has 0 aliphatic rings. The van der Waals surface area contributed by atoms with Gasteiger partial charge in [-0.3, -0.25) is 4.79 Å². The zero-order chi connectivity index (χ0) is 11.5. The molecule has 0 saturated heterocycles. The average Bonchev–Trinajstić information content (AvgIpc) is 2.33. The van der Waals surface area contributed by atoms with Crippen LogP contribution in [0.1, 0.15) is 6.92 Å². The molecule has 1 aromatic heterocycles. The Hall–Kier alpha value is -1.97. The molecule has 2 rings (SSSR count). The van der Waals surface area contributed by atoms with Gasteiger partial charge in [0.05, 0.1) is 0 Å². The van der Waals surface area contributed by atoms with Gasteiger partial charge < -0.3 is 4.57 Å². The maximum atomic E-state index is 13.1. The van der Waals surface area contributed by atoms with E-state index in [9.17, 15) is 9.18 Å². The zero-order valence-electron chi connectivity index (χ0n) is 8.85. The molecule has 0 bridgehead atoms. The van der Waals surface area contributed by atoms with E-state index in [1.807, 2.05) is 37.3 Å². The second kappa shape index (κ2) is 4.26. The van der Waals surface area contributed by atoms with Gasteiger partial charge >= 0.3 is 5.56 Å². The highest BCUT2D eigenvalue weighted by atomic mass is 19.1. The standard InChI is InChI=1S/C12H11FN2O/c1-2-15-8-10(13)12(16)14-11(15)9-6-4-3-5-7-9/h3-8H,2H2,1H3. The summed E-state index contributed by atoms with van der Waals surface area (Å²) >= 11 is 0. The summed E-state index contributed by atoms with van der Waals surface area (Å²) in [7, 11) is 0. The van der Waals surface area contributed by atoms with E-state index in [1.165, 1.54) is 6.20 Å². The van der Waals surface area contributed by atoms with Crippen molar-refractivity contribution < 1.29 is 4.39 Å². The van der Waals surface area contributed by atoms with Crippen LogP contribution in [0.2, 0.25) is 0 Å². The van der Waals surface area contributed by atoms with E-state index in [4.69, 9.17) is 0 Å². The molecule has 0 aliphatic heterocycles. The third kappa shape index (κ3) is 1.86. The van der Waals surface area contributed by atoms with Gasteiger partial charge in [-0.25, -0.2) is 0 Å². The third-order valence-corrected chi connectivity index (χ3v) is 2.33. The quantitative estimate of drug-likeness (QED) is 0.773. The van der Waals surface area contributed by atoms with Gasteiger partial charge in [0.15, 0.2) is 0 Å². The number of aryl methyl sites for hydroxylation is 1. The fraction of sp³-hybridized carbons (Fsp3) is 0.167. The largest absolute Gasteiger partial charge is 0.330 e. The zero-order valence-corrected chi connectivity index (χ0v) is 8.85. The minimum Gasteiger partial charge on any atom is -0.330 e. The van der Waals surface area contributed by atoms with Crippen molar-refractivity contribution >= 4 is 0 Å². The van der Waals surface area contributed by atoms with Gasteiger partial charge in [0.1, 0.15) is 5.82 Å². The van der Waals surface area contributed by atoms with Gasteiger partial charge in [-0.15, -0.1) is 0 Å². The Morgan fingerprint density at radius 1 is 1.31 bits per heavy atom. The Morgan fingerprint density at radius 2 is 2.00 bits per heavy atom. The van der Waals surface area contributed by atoms with Crippen LogP contribution in [0.5, 0.6) is 0 Å². The number of halogens is 1. The molecule has 1 aromatic carbocycles. The van der Waals surface area contributed by atoms with Crippen LogP contribution < -0.4 is 5.56 Å². The minimum absolute atomic E-state index is 0.495. The molecule has 16 heavy (non-hydrogen) atoms. The number of rotatable bonds is 2. The first-order valence-electron chi connectivity index (χ1n) is 5.04. The van der Waals surface area contributed by atoms with Gasteiger partial charge in [0, 0.05) is 18.3 Å². The monoisotopic (exact) mass is 218 g/mol. The molecular formula is C12H11FN2O. The molecule has 0 N–H and O–H groups in total. The van der Waals surface area contributed by atoms with E-state index in [0.29, 0.717) is 12.4 Å². The van der Waals surface area contributed by atoms with E-state index < -0.39 is 11.4 Å². The Morgan fingerprint density at radius 3 is 2.62 bits per heavy atom. The van der Waals surface area contributed by atoms with Crippen LogP contribution in [0, 0.1) is 5.82 Å². The summed E-state index contributed by atoms with van der Waals surface area (Å²) in [6.45, 7) is 2.44. The summed E-state index contributed by atoms with van der Waals surface area (Å²) in [5.41, 5.74) is -0.00926. The molecule has 0 spiro atoms. The number of benzene rings is 1. The molecule has 0 atom stereocenters. The topological polar surface area (TPSA) is 34.9 Å². The maximum absolute atomic E-state index is 13.1. The van der Waals surface area contributed by atoms with Gasteiger partial charge in [-0.05, 0) is 6.92 Å². The SMILES string of the molecule is CCn1cc(F)c(=O)nc1-c1ccccc1. The van der Waals surface area contributed by atoms with Crippen LogP contribution in [0.4, 0.5) is 4.39 Å². The fourth-order valence-electron chi connectivity index (χ4n) is 1.53. The van der Waals surface area contributed by atoms with Crippen LogP contribution in [0.15, 0.2) is 41.3 Å². The van der Waals surface area contributed by atoms with E-state index in [1.54, 1.807) is 4.57 Å². The molecule has 0 saturated carbocycles. The summed E-state index contributed by atoms with van der Waals surface area (Å²) in [5, 5.41) is 0. The summed E-state index contributed by atoms with van der Waals surface area (Å²) in [6.07, 6.45) is 1.19. The summed E-state index contributed by atoms with van der Waals surface area (Å²) in [4.78, 5) is 14.9. The predicted molar refractivity (Wildman–Crippen MR) is 59.6 cm³/mol. The first-order valence-corrected chi connectivity index (χ1v) is 5.04. The molecule has 0 unspecified atom stereocenters. The van der Waals surface area contributed by atoms with Crippen LogP contribution in [0.25, 0.3) is 11.4 Å². The maximum Gasteiger partial charge on any atom is 0.309 e. The van der Waals surface area contributed by atoms with Gasteiger partial charge in [-0.2, -0.15) is 9.37 Å². The second-order valence-corrected chi connectivity index (χ2v) is 3.37. The van der Waals surface area contributed by atoms with Crippen molar-refractivity contribution in [2.45, 2.75) is 13.5 Å². The first-order chi connectivity index (χ1) is 7.72. The van der Waals surface area contributed by atoms with Crippen molar-refractivity contribution in [3.05, 3.63) is 52.7 Å². The van der Waals surface area contributed by atoms with Crippen LogP contribution in [-0.4, -0.2) is 9.55 Å². The first kappa shape index (κ1) is 10.5. The number of hydrogen-bond acceptors (Lipinski definition) is 2. The molecule has 2 aromatic rings. The molecule has 0 radical (unpaired) electrons. The van der Waals surface area contributed by atoms with E-state index in [-0.39, 0.29) is 0 Å². The second-order valence-electron chi connectivity index (χ2n) is 3.37. The molecule has 3 nitrogen and oxygen atoms in total. The Kier molecular flexibility index (Phi) is 2.81. The average molecular weight is 218 g/mol. The lowest BCUT2D eigenvalue weighted by Gasteiger charge is -2.09. The lowest BCUT2D eigenvalue weighted by molar-refractivity contribution is 0.574. The van der Waals surface area contributed by atoms with Crippen molar-refractivity contribution in [3.63, 3.8) is 0 Å². The molecule has 82 valence electrons. The highest BCUT2D eigenvalue weighted by Crippen LogP contribution is 2.15. The van der Waals surface area contributed by atoms with E-state index in [2.05, 4.69) is 4.98 Å². The lowest BCUT2D eigenvalue weighted by Crippen LogP contribution is -2.17. The molecular weight excluding hydrogens is 207 g/mol. The van der Waals surface area contributed by atoms with E-state index >= 15 is 0 Å². The molecule has 1 heterocycles. The smallest absolute Gasteiger partial charge is 0.309 e. The lowest BCUT2D eigenvalue weighted by atomic mass is 10.2. The number of hydrogen-bond donors (Lipinski definition) is 0. The Bertz CT molecular complexity index is 549. The summed E-state index contributed by atoms with van der Waals surface area (Å²) in [5.74, 6) is -0.323. The molecule has 0 fully saturated rings. The molecule has 0 aliphatic carbocycles. The van der Waals surface area contributed by atoms with Crippen molar-refractivity contribution in [2.24, 2.45) is 0 Å². The van der Waals surface area contributed by atoms with Crippen LogP contribution in [0.3, 0.4) is 0 Å². The van der Waals surface area contributed by atoms with Crippen LogP contribution in [-0.2, 0) is 6.54 Å². The Labute approximate surface area is 92.2 Å². The van der Waals surface area contributed by atoms with Crippen molar-refractivity contribution in [1.82, 2.24) is 9.55 Å². The van der Waals surface area contributed by atoms with E-state index in [0.717, 1.165) is 5.56 Å². The highest BCUT2D eigenvalue weighted by Gasteiger charge is 2.08. The predicted octanol–water partition coefficient (Wildman–Crippen LogP) is 2.07. The van der Waals surface area contributed by atoms with Crippen molar-refractivity contribution in [3.8, 4) is 11.4 Å². The van der Waals surface area contributed by atoms with Gasteiger partial charge in [-0.1, -0.05) is 30.3 Å². The molecule has 4 heteroatoms. The van der Waals surface area contributed by atoms with Crippen LogP contribution >= 0.6 is 0 Å². The third-order valence-electron chi connectivity index (χ3n) is 2.33. The Balaban J connectivity index is 2.65. The van der Waals surface area contributed by atoms with Crippen molar-refractivity contribution in [1.29, 1.82) is 0 Å². The highest BCUT2D eigenvalue weighted by molar-refractivity contribution is 5.54. The molecule has 0 amide bonds. The minimum atomic E-state index is -0.818. The summed E-state index contributed by atoms with van der Waals surface area (Å²) < 4.78 is 14.7. The fourth-order valence-corrected chi connectivity index (χ4v) is 1.53. The van der Waals surface area contributed by atoms with Crippen molar-refractivity contribution in [2.75, 3.05) is 0 Å². The normalized spacial score (nSPS) is 10.4. The summed E-state index contributed by atoms with van der Waals surface area (Å²) in [6, 6.07) is 9.26. The number of nitrogens with zero attached hydrogens (tertiary/aromatic N) is 2.